The molecule has 0 bridgehead atoms. The molecule has 6 nitrogen and oxygen atoms in total. The third kappa shape index (κ3) is 5.28. The summed E-state index contributed by atoms with van der Waals surface area (Å²) in [5.41, 5.74) is 4.53. The van der Waals surface area contributed by atoms with Crippen molar-refractivity contribution in [2.75, 3.05) is 19.1 Å². The molecule has 0 unspecified atom stereocenters. The average Bonchev–Trinajstić information content (AvgIpc) is 3.36. The van der Waals surface area contributed by atoms with Gasteiger partial charge in [0.05, 0.1) is 25.9 Å². The van der Waals surface area contributed by atoms with Crippen molar-refractivity contribution in [1.82, 2.24) is 4.98 Å². The van der Waals surface area contributed by atoms with Crippen LogP contribution < -0.4 is 14.4 Å². The van der Waals surface area contributed by atoms with Gasteiger partial charge in [-0.3, -0.25) is 4.98 Å². The van der Waals surface area contributed by atoms with Gasteiger partial charge in [0.25, 0.3) is 0 Å². The quantitative estimate of drug-likeness (QED) is 0.405. The first-order chi connectivity index (χ1) is 16.1. The van der Waals surface area contributed by atoms with E-state index in [2.05, 4.69) is 16.0 Å². The maximum atomic E-state index is 12.0. The molecule has 1 aromatic heterocycles. The van der Waals surface area contributed by atoms with Crippen molar-refractivity contribution in [2.24, 2.45) is 0 Å². The zero-order chi connectivity index (χ0) is 23.2. The minimum atomic E-state index is -0.347. The summed E-state index contributed by atoms with van der Waals surface area (Å²) in [7, 11) is 3.06. The second-order valence-corrected chi connectivity index (χ2v) is 8.30. The first-order valence-electron chi connectivity index (χ1n) is 11.3. The van der Waals surface area contributed by atoms with Crippen molar-refractivity contribution in [1.29, 1.82) is 0 Å². The summed E-state index contributed by atoms with van der Waals surface area (Å²) in [4.78, 5) is 18.5. The average molecular weight is 447 g/mol. The van der Waals surface area contributed by atoms with E-state index >= 15 is 0 Å². The third-order valence-electron chi connectivity index (χ3n) is 6.03. The molecule has 2 aromatic carbocycles. The van der Waals surface area contributed by atoms with Gasteiger partial charge in [-0.25, -0.2) is 4.79 Å². The highest BCUT2D eigenvalue weighted by Gasteiger charge is 2.21. The molecule has 0 radical (unpaired) electrons. The Kier molecular flexibility index (Phi) is 7.13. The molecule has 1 fully saturated rings. The fourth-order valence-corrected chi connectivity index (χ4v) is 4.30. The van der Waals surface area contributed by atoms with Crippen molar-refractivity contribution >= 4 is 17.3 Å². The zero-order valence-corrected chi connectivity index (χ0v) is 19.4. The number of aryl methyl sites for hydroxylation is 1. The lowest BCUT2D eigenvalue weighted by Crippen LogP contribution is -2.19. The van der Waals surface area contributed by atoms with Crippen molar-refractivity contribution in [3.05, 3.63) is 77.6 Å². The number of benzene rings is 2. The van der Waals surface area contributed by atoms with E-state index in [4.69, 9.17) is 14.2 Å². The number of hydrogen-bond acceptors (Lipinski definition) is 6. The highest BCUT2D eigenvalue weighted by molar-refractivity contribution is 5.90. The maximum absolute atomic E-state index is 12.0. The number of rotatable bonds is 8. The van der Waals surface area contributed by atoms with Crippen LogP contribution in [0, 0.1) is 6.92 Å². The number of ether oxygens (including phenoxy) is 3. The molecule has 0 saturated heterocycles. The molecule has 1 heterocycles. The number of nitrogens with zero attached hydrogens (tertiary/aromatic N) is 2. The van der Waals surface area contributed by atoms with E-state index in [0.29, 0.717) is 12.1 Å². The predicted molar refractivity (Wildman–Crippen MR) is 128 cm³/mol. The summed E-state index contributed by atoms with van der Waals surface area (Å²) in [6.45, 7) is 2.61. The standard InChI is InChI=1S/C27H30N2O4/c1-19-15-21(27(30)32-3)10-12-24(19)29(18-20-7-6-14-28-17-20)22-11-13-25(31-2)26(16-22)33-23-8-4-5-9-23/h6-7,10-17,23H,4-5,8-9,18H2,1-3H3. The molecule has 0 amide bonds. The summed E-state index contributed by atoms with van der Waals surface area (Å²) < 4.78 is 16.8. The molecule has 0 N–H and O–H groups in total. The number of esters is 1. The molecule has 0 aliphatic heterocycles. The Morgan fingerprint density at radius 3 is 2.55 bits per heavy atom. The first-order valence-corrected chi connectivity index (χ1v) is 11.3. The van der Waals surface area contributed by atoms with Gasteiger partial charge in [-0.1, -0.05) is 6.07 Å². The monoisotopic (exact) mass is 446 g/mol. The molecule has 172 valence electrons. The van der Waals surface area contributed by atoms with Crippen molar-refractivity contribution in [3.8, 4) is 11.5 Å². The smallest absolute Gasteiger partial charge is 0.337 e. The molecule has 1 aliphatic carbocycles. The van der Waals surface area contributed by atoms with Gasteiger partial charge in [0.1, 0.15) is 0 Å². The number of aromatic nitrogens is 1. The summed E-state index contributed by atoms with van der Waals surface area (Å²) in [6.07, 6.45) is 8.40. The van der Waals surface area contributed by atoms with Gasteiger partial charge in [-0.05, 0) is 80.1 Å². The van der Waals surface area contributed by atoms with Gasteiger partial charge < -0.3 is 19.1 Å². The van der Waals surface area contributed by atoms with E-state index < -0.39 is 0 Å². The van der Waals surface area contributed by atoms with Gasteiger partial charge in [0, 0.05) is 36.4 Å². The SMILES string of the molecule is COC(=O)c1ccc(N(Cc2cccnc2)c2ccc(OC)c(OC3CCCC3)c2)c(C)c1. The van der Waals surface area contributed by atoms with Crippen LogP contribution in [0.3, 0.4) is 0 Å². The predicted octanol–water partition coefficient (Wildman–Crippen LogP) is 5.84. The fourth-order valence-electron chi connectivity index (χ4n) is 4.30. The third-order valence-corrected chi connectivity index (χ3v) is 6.03. The Morgan fingerprint density at radius 2 is 1.88 bits per heavy atom. The second kappa shape index (κ2) is 10.4. The highest BCUT2D eigenvalue weighted by Crippen LogP contribution is 2.38. The molecule has 4 rings (SSSR count). The molecular formula is C27H30N2O4. The van der Waals surface area contributed by atoms with Gasteiger partial charge in [0.2, 0.25) is 0 Å². The molecule has 6 heteroatoms. The Hall–Kier alpha value is -3.54. The summed E-state index contributed by atoms with van der Waals surface area (Å²) in [6, 6.07) is 15.6. The fraction of sp³-hybridized carbons (Fsp3) is 0.333. The van der Waals surface area contributed by atoms with Gasteiger partial charge >= 0.3 is 5.97 Å². The Bertz CT molecular complexity index is 1090. The van der Waals surface area contributed by atoms with E-state index in [1.165, 1.54) is 20.0 Å². The largest absolute Gasteiger partial charge is 0.493 e. The first kappa shape index (κ1) is 22.6. The van der Waals surface area contributed by atoms with Gasteiger partial charge in [-0.15, -0.1) is 0 Å². The van der Waals surface area contributed by atoms with Crippen LogP contribution in [0.1, 0.15) is 47.2 Å². The van der Waals surface area contributed by atoms with E-state index in [9.17, 15) is 4.79 Å². The van der Waals surface area contributed by atoms with Crippen LogP contribution in [-0.4, -0.2) is 31.3 Å². The topological polar surface area (TPSA) is 60.9 Å². The number of anilines is 2. The number of hydrogen-bond donors (Lipinski definition) is 0. The molecule has 3 aromatic rings. The lowest BCUT2D eigenvalue weighted by Gasteiger charge is -2.28. The summed E-state index contributed by atoms with van der Waals surface area (Å²) >= 11 is 0. The van der Waals surface area contributed by atoms with Crippen LogP contribution in [0.25, 0.3) is 0 Å². The lowest BCUT2D eigenvalue weighted by molar-refractivity contribution is 0.0600. The molecule has 33 heavy (non-hydrogen) atoms. The van der Waals surface area contributed by atoms with Crippen LogP contribution in [0.4, 0.5) is 11.4 Å². The molecule has 1 aliphatic rings. The van der Waals surface area contributed by atoms with Crippen LogP contribution in [0.15, 0.2) is 60.9 Å². The molecule has 1 saturated carbocycles. The van der Waals surface area contributed by atoms with Crippen molar-refractivity contribution < 1.29 is 19.0 Å². The highest BCUT2D eigenvalue weighted by atomic mass is 16.5. The zero-order valence-electron chi connectivity index (χ0n) is 19.4. The van der Waals surface area contributed by atoms with Gasteiger partial charge in [-0.2, -0.15) is 0 Å². The van der Waals surface area contributed by atoms with Crippen molar-refractivity contribution in [2.45, 2.75) is 45.3 Å². The minimum Gasteiger partial charge on any atom is -0.493 e. The van der Waals surface area contributed by atoms with E-state index in [1.807, 2.05) is 49.5 Å². The minimum absolute atomic E-state index is 0.224. The van der Waals surface area contributed by atoms with Crippen LogP contribution in [-0.2, 0) is 11.3 Å². The number of methoxy groups -OCH3 is 2. The van der Waals surface area contributed by atoms with Crippen LogP contribution in [0.5, 0.6) is 11.5 Å². The second-order valence-electron chi connectivity index (χ2n) is 8.30. The van der Waals surface area contributed by atoms with E-state index in [-0.39, 0.29) is 12.1 Å². The van der Waals surface area contributed by atoms with Crippen LogP contribution >= 0.6 is 0 Å². The lowest BCUT2D eigenvalue weighted by atomic mass is 10.1. The number of pyridine rings is 1. The summed E-state index contributed by atoms with van der Waals surface area (Å²) in [5, 5.41) is 0. The molecule has 0 spiro atoms. The normalized spacial score (nSPS) is 13.5. The number of carbonyl (C=O) groups is 1. The number of carbonyl (C=O) groups excluding carboxylic acids is 1. The Morgan fingerprint density at radius 1 is 1.06 bits per heavy atom. The van der Waals surface area contributed by atoms with Crippen molar-refractivity contribution in [3.63, 3.8) is 0 Å². The summed E-state index contributed by atoms with van der Waals surface area (Å²) in [5.74, 6) is 1.13. The van der Waals surface area contributed by atoms with Gasteiger partial charge in [0.15, 0.2) is 11.5 Å². The maximum Gasteiger partial charge on any atom is 0.337 e. The van der Waals surface area contributed by atoms with Crippen LogP contribution in [0.2, 0.25) is 0 Å². The van der Waals surface area contributed by atoms with E-state index in [0.717, 1.165) is 46.8 Å². The molecular weight excluding hydrogens is 416 g/mol. The Labute approximate surface area is 195 Å². The Balaban J connectivity index is 1.74. The van der Waals surface area contributed by atoms with E-state index in [1.54, 1.807) is 19.4 Å². The molecule has 0 atom stereocenters.